The van der Waals surface area contributed by atoms with Gasteiger partial charge in [0.15, 0.2) is 6.23 Å². The van der Waals surface area contributed by atoms with Gasteiger partial charge < -0.3 is 14.9 Å². The third-order valence-corrected chi connectivity index (χ3v) is 2.49. The molecule has 1 aromatic heterocycles. The van der Waals surface area contributed by atoms with Crippen LogP contribution in [0.4, 0.5) is 0 Å². The van der Waals surface area contributed by atoms with Crippen LogP contribution in [0.5, 0.6) is 0 Å². The van der Waals surface area contributed by atoms with Crippen molar-refractivity contribution in [2.75, 3.05) is 6.61 Å². The molecule has 0 amide bonds. The number of aromatic nitrogens is 2. The fourth-order valence-electron chi connectivity index (χ4n) is 1.61. The molecule has 1 aliphatic heterocycles. The molecule has 2 heterocycles. The number of hydrogen-bond donors (Lipinski definition) is 3. The Balaban J connectivity index is 2.43. The zero-order valence-corrected chi connectivity index (χ0v) is 9.08. The molecule has 0 saturated carbocycles. The van der Waals surface area contributed by atoms with Crippen molar-refractivity contribution >= 4 is 0 Å². The van der Waals surface area contributed by atoms with Gasteiger partial charge in [-0.05, 0) is 13.0 Å². The maximum absolute atomic E-state index is 11.5. The Hall–Kier alpha value is -1.86. The van der Waals surface area contributed by atoms with Crippen molar-refractivity contribution in [1.29, 1.82) is 0 Å². The SMILES string of the molecule is Cc1cn(C2OC(CO)C=C2O)c(=O)[nH]c1=O. The van der Waals surface area contributed by atoms with Gasteiger partial charge in [-0.15, -0.1) is 0 Å². The van der Waals surface area contributed by atoms with E-state index in [0.717, 1.165) is 4.57 Å². The Morgan fingerprint density at radius 2 is 2.24 bits per heavy atom. The summed E-state index contributed by atoms with van der Waals surface area (Å²) < 4.78 is 6.30. The van der Waals surface area contributed by atoms with E-state index < -0.39 is 23.6 Å². The largest absolute Gasteiger partial charge is 0.508 e. The molecule has 2 atom stereocenters. The average molecular weight is 240 g/mol. The minimum atomic E-state index is -1.00. The van der Waals surface area contributed by atoms with Crippen LogP contribution < -0.4 is 11.2 Å². The van der Waals surface area contributed by atoms with Gasteiger partial charge in [0.2, 0.25) is 0 Å². The van der Waals surface area contributed by atoms with Crippen molar-refractivity contribution in [3.05, 3.63) is 44.4 Å². The van der Waals surface area contributed by atoms with Gasteiger partial charge in [0.25, 0.3) is 5.56 Å². The highest BCUT2D eigenvalue weighted by molar-refractivity contribution is 5.10. The van der Waals surface area contributed by atoms with E-state index in [1.165, 1.54) is 19.2 Å². The third kappa shape index (κ3) is 2.02. The summed E-state index contributed by atoms with van der Waals surface area (Å²) in [6.07, 6.45) is 0.960. The Kier molecular flexibility index (Phi) is 2.86. The molecule has 0 bridgehead atoms. The highest BCUT2D eigenvalue weighted by Crippen LogP contribution is 2.25. The summed E-state index contributed by atoms with van der Waals surface area (Å²) in [7, 11) is 0. The molecule has 2 unspecified atom stereocenters. The number of aliphatic hydroxyl groups excluding tert-OH is 2. The number of aromatic amines is 1. The molecule has 0 aliphatic carbocycles. The monoisotopic (exact) mass is 240 g/mol. The van der Waals surface area contributed by atoms with E-state index in [1.54, 1.807) is 0 Å². The molecule has 7 heteroatoms. The van der Waals surface area contributed by atoms with Gasteiger partial charge in [-0.25, -0.2) is 4.79 Å². The quantitative estimate of drug-likeness (QED) is 0.626. The van der Waals surface area contributed by atoms with E-state index in [9.17, 15) is 14.7 Å². The number of rotatable bonds is 2. The first-order valence-electron chi connectivity index (χ1n) is 5.02. The lowest BCUT2D eigenvalue weighted by atomic mass is 10.3. The number of nitrogens with zero attached hydrogens (tertiary/aromatic N) is 1. The lowest BCUT2D eigenvalue weighted by Crippen LogP contribution is -2.34. The smallest absolute Gasteiger partial charge is 0.330 e. The maximum atomic E-state index is 11.5. The fourth-order valence-corrected chi connectivity index (χ4v) is 1.61. The number of aliphatic hydroxyl groups is 2. The molecular weight excluding hydrogens is 228 g/mol. The van der Waals surface area contributed by atoms with E-state index in [-0.39, 0.29) is 12.4 Å². The number of hydrogen-bond acceptors (Lipinski definition) is 5. The van der Waals surface area contributed by atoms with Crippen molar-refractivity contribution in [1.82, 2.24) is 9.55 Å². The van der Waals surface area contributed by atoms with Crippen LogP contribution >= 0.6 is 0 Å². The lowest BCUT2D eigenvalue weighted by Gasteiger charge is -2.16. The van der Waals surface area contributed by atoms with Crippen molar-refractivity contribution in [3.63, 3.8) is 0 Å². The summed E-state index contributed by atoms with van der Waals surface area (Å²) >= 11 is 0. The van der Waals surface area contributed by atoms with Crippen LogP contribution in [0.1, 0.15) is 11.8 Å². The molecule has 92 valence electrons. The summed E-state index contributed by atoms with van der Waals surface area (Å²) in [6, 6.07) is 0. The van der Waals surface area contributed by atoms with Crippen molar-refractivity contribution in [3.8, 4) is 0 Å². The molecule has 1 aromatic rings. The lowest BCUT2D eigenvalue weighted by molar-refractivity contribution is -0.0275. The molecule has 2 rings (SSSR count). The third-order valence-electron chi connectivity index (χ3n) is 2.49. The minimum absolute atomic E-state index is 0.169. The Morgan fingerprint density at radius 3 is 2.82 bits per heavy atom. The molecule has 0 aromatic carbocycles. The first-order valence-corrected chi connectivity index (χ1v) is 5.02. The zero-order valence-electron chi connectivity index (χ0n) is 9.08. The van der Waals surface area contributed by atoms with E-state index >= 15 is 0 Å². The standard InChI is InChI=1S/C10H12N2O5/c1-5-3-12(10(16)11-8(5)15)9-7(14)2-6(4-13)17-9/h2-3,6,9,13-14H,4H2,1H3,(H,11,15,16). The van der Waals surface area contributed by atoms with E-state index in [4.69, 9.17) is 9.84 Å². The van der Waals surface area contributed by atoms with Crippen molar-refractivity contribution < 1.29 is 14.9 Å². The van der Waals surface area contributed by atoms with Crippen LogP contribution in [0.15, 0.2) is 27.6 Å². The summed E-state index contributed by atoms with van der Waals surface area (Å²) in [5.41, 5.74) is -0.830. The van der Waals surface area contributed by atoms with Crippen LogP contribution in [0.2, 0.25) is 0 Å². The molecule has 0 saturated heterocycles. The van der Waals surface area contributed by atoms with Gasteiger partial charge in [-0.1, -0.05) is 0 Å². The molecule has 0 spiro atoms. The Labute approximate surface area is 95.6 Å². The molecule has 17 heavy (non-hydrogen) atoms. The summed E-state index contributed by atoms with van der Waals surface area (Å²) in [5.74, 6) is -0.169. The van der Waals surface area contributed by atoms with Gasteiger partial charge in [-0.3, -0.25) is 14.3 Å². The maximum Gasteiger partial charge on any atom is 0.330 e. The average Bonchev–Trinajstić information content (AvgIpc) is 2.65. The number of H-pyrrole nitrogens is 1. The van der Waals surface area contributed by atoms with E-state index in [0.29, 0.717) is 5.56 Å². The highest BCUT2D eigenvalue weighted by atomic mass is 16.5. The second kappa shape index (κ2) is 4.19. The number of ether oxygens (including phenoxy) is 1. The molecular formula is C10H12N2O5. The summed E-state index contributed by atoms with van der Waals surface area (Å²) in [5, 5.41) is 18.5. The van der Waals surface area contributed by atoms with Crippen LogP contribution in [-0.4, -0.2) is 32.5 Å². The van der Waals surface area contributed by atoms with Crippen molar-refractivity contribution in [2.24, 2.45) is 0 Å². The van der Waals surface area contributed by atoms with Gasteiger partial charge in [0.05, 0.1) is 6.61 Å². The minimum Gasteiger partial charge on any atom is -0.508 e. The second-order valence-corrected chi connectivity index (χ2v) is 3.78. The van der Waals surface area contributed by atoms with E-state index in [1.807, 2.05) is 0 Å². The van der Waals surface area contributed by atoms with Crippen LogP contribution in [0.25, 0.3) is 0 Å². The molecule has 0 fully saturated rings. The van der Waals surface area contributed by atoms with Gasteiger partial charge in [0, 0.05) is 11.8 Å². The van der Waals surface area contributed by atoms with Gasteiger partial charge in [-0.2, -0.15) is 0 Å². The molecule has 0 radical (unpaired) electrons. The van der Waals surface area contributed by atoms with Crippen molar-refractivity contribution in [2.45, 2.75) is 19.3 Å². The highest BCUT2D eigenvalue weighted by Gasteiger charge is 2.28. The Bertz CT molecular complexity index is 571. The first kappa shape index (κ1) is 11.6. The first-order chi connectivity index (χ1) is 8.02. The normalized spacial score (nSPS) is 23.8. The van der Waals surface area contributed by atoms with Gasteiger partial charge in [0.1, 0.15) is 11.9 Å². The molecule has 1 aliphatic rings. The summed E-state index contributed by atoms with van der Waals surface area (Å²) in [4.78, 5) is 24.8. The molecule has 7 nitrogen and oxygen atoms in total. The van der Waals surface area contributed by atoms with E-state index in [2.05, 4.69) is 4.98 Å². The zero-order chi connectivity index (χ0) is 12.6. The number of aryl methyl sites for hydroxylation is 1. The molecule has 3 N–H and O–H groups in total. The predicted octanol–water partition coefficient (Wildman–Crippen LogP) is -0.823. The van der Waals surface area contributed by atoms with Crippen LogP contribution in [0, 0.1) is 6.92 Å². The number of nitrogens with one attached hydrogen (secondary N) is 1. The van der Waals surface area contributed by atoms with Crippen LogP contribution in [0.3, 0.4) is 0 Å². The predicted molar refractivity (Wildman–Crippen MR) is 57.8 cm³/mol. The van der Waals surface area contributed by atoms with Gasteiger partial charge >= 0.3 is 5.69 Å². The fraction of sp³-hybridized carbons (Fsp3) is 0.400. The topological polar surface area (TPSA) is 105 Å². The van der Waals surface area contributed by atoms with Crippen LogP contribution in [-0.2, 0) is 4.74 Å². The summed E-state index contributed by atoms with van der Waals surface area (Å²) in [6.45, 7) is 1.24. The second-order valence-electron chi connectivity index (χ2n) is 3.78. The Morgan fingerprint density at radius 1 is 1.53 bits per heavy atom.